The van der Waals surface area contributed by atoms with E-state index in [1.54, 1.807) is 0 Å². The van der Waals surface area contributed by atoms with Gasteiger partial charge in [0.05, 0.1) is 5.60 Å². The normalized spacial score (nSPS) is 25.1. The highest BCUT2D eigenvalue weighted by molar-refractivity contribution is 5.87. The molecule has 4 nitrogen and oxygen atoms in total. The van der Waals surface area contributed by atoms with Crippen LogP contribution in [0, 0.1) is 5.92 Å². The smallest absolute Gasteiger partial charge is 0.429 e. The van der Waals surface area contributed by atoms with Crippen LogP contribution in [0.4, 0.5) is 26.3 Å². The quantitative estimate of drug-likeness (QED) is 0.389. The van der Waals surface area contributed by atoms with Gasteiger partial charge in [0.15, 0.2) is 0 Å². The summed E-state index contributed by atoms with van der Waals surface area (Å²) in [6.45, 7) is 8.90. The molecular weight excluding hydrogens is 382 g/mol. The van der Waals surface area contributed by atoms with E-state index in [1.165, 1.54) is 20.8 Å². The zero-order chi connectivity index (χ0) is 21.6. The summed E-state index contributed by atoms with van der Waals surface area (Å²) in [5, 5.41) is 9.67. The monoisotopic (exact) mass is 406 g/mol. The molecule has 0 radical (unpaired) electrons. The van der Waals surface area contributed by atoms with Gasteiger partial charge >= 0.3 is 18.3 Å². The molecule has 0 bridgehead atoms. The molecular formula is C17H24F6O4. The first-order valence-corrected chi connectivity index (χ1v) is 8.29. The van der Waals surface area contributed by atoms with Gasteiger partial charge in [0, 0.05) is 11.5 Å². The average molecular weight is 406 g/mol. The standard InChI is InChI=1S/C17H24F6O4/c1-7-14(8-11(14)10(4)26-12(24)9(2)3)27-13(5,6)15(25,16(18,19)20)17(21,22)23/h10-11,25H,2,7-8H2,1,3-6H3. The van der Waals surface area contributed by atoms with E-state index in [0.29, 0.717) is 13.8 Å². The fraction of sp³-hybridized carbons (Fsp3) is 0.824. The van der Waals surface area contributed by atoms with Crippen molar-refractivity contribution in [1.29, 1.82) is 0 Å². The minimum absolute atomic E-state index is 0.0713. The van der Waals surface area contributed by atoms with Crippen LogP contribution in [0.3, 0.4) is 0 Å². The lowest BCUT2D eigenvalue weighted by atomic mass is 9.83. The zero-order valence-electron chi connectivity index (χ0n) is 15.7. The van der Waals surface area contributed by atoms with Crippen LogP contribution in [0.25, 0.3) is 0 Å². The van der Waals surface area contributed by atoms with Gasteiger partial charge in [-0.1, -0.05) is 13.5 Å². The second-order valence-corrected chi connectivity index (χ2v) is 7.44. The number of halogens is 6. The van der Waals surface area contributed by atoms with Crippen molar-refractivity contribution < 1.29 is 45.7 Å². The van der Waals surface area contributed by atoms with E-state index in [2.05, 4.69) is 6.58 Å². The highest BCUT2D eigenvalue weighted by atomic mass is 19.4. The molecule has 0 amide bonds. The number of aliphatic hydroxyl groups is 1. The summed E-state index contributed by atoms with van der Waals surface area (Å²) < 4.78 is 89.5. The van der Waals surface area contributed by atoms with E-state index >= 15 is 0 Å². The third kappa shape index (κ3) is 4.11. The summed E-state index contributed by atoms with van der Waals surface area (Å²) in [7, 11) is 0. The number of rotatable bonds is 7. The fourth-order valence-corrected chi connectivity index (χ4v) is 3.28. The van der Waals surface area contributed by atoms with E-state index in [4.69, 9.17) is 9.47 Å². The lowest BCUT2D eigenvalue weighted by Crippen LogP contribution is -2.70. The Hall–Kier alpha value is -1.29. The van der Waals surface area contributed by atoms with Gasteiger partial charge in [-0.2, -0.15) is 26.3 Å². The SMILES string of the molecule is C=C(C)C(=O)OC(C)C1CC1(CC)OC(C)(C)C(O)(C(F)(F)F)C(F)(F)F. The van der Waals surface area contributed by atoms with Crippen molar-refractivity contribution in [2.24, 2.45) is 5.92 Å². The van der Waals surface area contributed by atoms with Crippen LogP contribution in [0.5, 0.6) is 0 Å². The van der Waals surface area contributed by atoms with Crippen LogP contribution in [0.1, 0.15) is 47.5 Å². The van der Waals surface area contributed by atoms with E-state index in [9.17, 15) is 36.2 Å². The van der Waals surface area contributed by atoms with Crippen LogP contribution >= 0.6 is 0 Å². The van der Waals surface area contributed by atoms with Crippen molar-refractivity contribution >= 4 is 5.97 Å². The molecule has 1 saturated carbocycles. The Kier molecular flexibility index (Phi) is 6.11. The molecule has 0 aromatic carbocycles. The molecule has 27 heavy (non-hydrogen) atoms. The van der Waals surface area contributed by atoms with Gasteiger partial charge in [-0.25, -0.2) is 4.79 Å². The third-order valence-corrected chi connectivity index (χ3v) is 5.04. The van der Waals surface area contributed by atoms with Crippen LogP contribution in [-0.2, 0) is 14.3 Å². The Morgan fingerprint density at radius 1 is 1.22 bits per heavy atom. The highest BCUT2D eigenvalue weighted by Gasteiger charge is 2.79. The average Bonchev–Trinajstić information content (AvgIpc) is 3.17. The Morgan fingerprint density at radius 3 is 2.00 bits per heavy atom. The van der Waals surface area contributed by atoms with Gasteiger partial charge in [-0.05, 0) is 40.5 Å². The van der Waals surface area contributed by atoms with Crippen molar-refractivity contribution in [3.05, 3.63) is 12.2 Å². The Labute approximate surface area is 153 Å². The van der Waals surface area contributed by atoms with Crippen molar-refractivity contribution in [2.75, 3.05) is 0 Å². The Balaban J connectivity index is 3.12. The second kappa shape index (κ2) is 6.95. The lowest BCUT2D eigenvalue weighted by molar-refractivity contribution is -0.417. The topological polar surface area (TPSA) is 55.8 Å². The van der Waals surface area contributed by atoms with Gasteiger partial charge in [0.2, 0.25) is 0 Å². The van der Waals surface area contributed by atoms with Crippen LogP contribution in [-0.4, -0.2) is 46.3 Å². The zero-order valence-corrected chi connectivity index (χ0v) is 15.7. The minimum atomic E-state index is -6.01. The maximum Gasteiger partial charge on any atom is 0.429 e. The first-order chi connectivity index (χ1) is 11.9. The number of carbonyl (C=O) groups is 1. The van der Waals surface area contributed by atoms with E-state index in [1.807, 2.05) is 0 Å². The number of alkyl halides is 6. The minimum Gasteiger partial charge on any atom is -0.459 e. The number of hydrogen-bond donors (Lipinski definition) is 1. The van der Waals surface area contributed by atoms with Gasteiger partial charge in [-0.3, -0.25) is 0 Å². The van der Waals surface area contributed by atoms with Gasteiger partial charge in [-0.15, -0.1) is 0 Å². The number of ether oxygens (including phenoxy) is 2. The maximum absolute atomic E-state index is 13.2. The molecule has 1 rings (SSSR count). The molecule has 0 aliphatic heterocycles. The summed E-state index contributed by atoms with van der Waals surface area (Å²) in [5.41, 5.74) is -9.39. The lowest BCUT2D eigenvalue weighted by Gasteiger charge is -2.45. The van der Waals surface area contributed by atoms with E-state index in [-0.39, 0.29) is 18.4 Å². The largest absolute Gasteiger partial charge is 0.459 e. The van der Waals surface area contributed by atoms with Crippen molar-refractivity contribution in [3.63, 3.8) is 0 Å². The molecule has 1 aliphatic carbocycles. The van der Waals surface area contributed by atoms with E-state index in [0.717, 1.165) is 0 Å². The predicted molar refractivity (Wildman–Crippen MR) is 83.7 cm³/mol. The molecule has 3 unspecified atom stereocenters. The van der Waals surface area contributed by atoms with Crippen LogP contribution < -0.4 is 0 Å². The molecule has 0 spiro atoms. The summed E-state index contributed by atoms with van der Waals surface area (Å²) >= 11 is 0. The highest BCUT2D eigenvalue weighted by Crippen LogP contribution is 2.58. The first-order valence-electron chi connectivity index (χ1n) is 8.29. The van der Waals surface area contributed by atoms with E-state index < -0.39 is 47.1 Å². The molecule has 10 heteroatoms. The summed E-state index contributed by atoms with van der Waals surface area (Å²) in [6, 6.07) is 0. The van der Waals surface area contributed by atoms with Gasteiger partial charge in [0.25, 0.3) is 5.60 Å². The second-order valence-electron chi connectivity index (χ2n) is 7.44. The molecule has 0 aromatic heterocycles. The van der Waals surface area contributed by atoms with Crippen molar-refractivity contribution in [1.82, 2.24) is 0 Å². The first kappa shape index (κ1) is 23.7. The number of hydrogen-bond acceptors (Lipinski definition) is 4. The maximum atomic E-state index is 13.2. The molecule has 0 aromatic rings. The molecule has 0 heterocycles. The molecule has 3 atom stereocenters. The number of carbonyl (C=O) groups excluding carboxylic acids is 1. The fourth-order valence-electron chi connectivity index (χ4n) is 3.28. The predicted octanol–water partition coefficient (Wildman–Crippen LogP) is 4.31. The summed E-state index contributed by atoms with van der Waals surface area (Å²) in [4.78, 5) is 11.6. The molecule has 1 fully saturated rings. The van der Waals surface area contributed by atoms with Gasteiger partial charge in [0.1, 0.15) is 11.7 Å². The molecule has 1 N–H and O–H groups in total. The van der Waals surface area contributed by atoms with Crippen molar-refractivity contribution in [2.45, 2.75) is 82.7 Å². The summed E-state index contributed by atoms with van der Waals surface area (Å²) in [6.07, 6.45) is -12.7. The van der Waals surface area contributed by atoms with Crippen molar-refractivity contribution in [3.8, 4) is 0 Å². The molecule has 158 valence electrons. The Morgan fingerprint density at radius 2 is 1.67 bits per heavy atom. The van der Waals surface area contributed by atoms with Crippen LogP contribution in [0.15, 0.2) is 12.2 Å². The molecule has 1 aliphatic rings. The molecule has 0 saturated heterocycles. The summed E-state index contributed by atoms with van der Waals surface area (Å²) in [5.74, 6) is -1.34. The third-order valence-electron chi connectivity index (χ3n) is 5.04. The Bertz CT molecular complexity index is 581. The number of esters is 1. The van der Waals surface area contributed by atoms with Gasteiger partial charge < -0.3 is 14.6 Å². The van der Waals surface area contributed by atoms with Crippen LogP contribution in [0.2, 0.25) is 0 Å².